The topological polar surface area (TPSA) is 123 Å². The lowest BCUT2D eigenvalue weighted by atomic mass is 9.99. The van der Waals surface area contributed by atoms with E-state index in [1.807, 2.05) is 6.07 Å². The Hall–Kier alpha value is -4.00. The second-order valence-corrected chi connectivity index (χ2v) is 10.2. The summed E-state index contributed by atoms with van der Waals surface area (Å²) in [5, 5.41) is 8.98. The fourth-order valence-electron chi connectivity index (χ4n) is 5.01. The number of fused-ring (bicyclic) bond motifs is 1. The first-order valence-electron chi connectivity index (χ1n) is 14.2. The zero-order valence-corrected chi connectivity index (χ0v) is 23.6. The van der Waals surface area contributed by atoms with E-state index in [0.717, 1.165) is 45.1 Å². The van der Waals surface area contributed by atoms with Crippen molar-refractivity contribution in [2.75, 3.05) is 71.5 Å². The van der Waals surface area contributed by atoms with Crippen LogP contribution in [-0.4, -0.2) is 87.9 Å². The predicted octanol–water partition coefficient (Wildman–Crippen LogP) is 2.94. The molecule has 0 aliphatic carbocycles. The molecule has 0 radical (unpaired) electrons. The van der Waals surface area contributed by atoms with E-state index in [-0.39, 0.29) is 11.4 Å². The van der Waals surface area contributed by atoms with Crippen molar-refractivity contribution < 1.29 is 32.9 Å². The molecule has 2 aromatic carbocycles. The number of nitrogens with zero attached hydrogens (tertiary/aromatic N) is 2. The van der Waals surface area contributed by atoms with E-state index in [4.69, 9.17) is 18.9 Å². The number of amides is 2. The molecule has 0 unspecified atom stereocenters. The molecule has 42 heavy (non-hydrogen) atoms. The number of rotatable bonds is 10. The molecule has 3 aromatic rings. The minimum atomic E-state index is -0.879. The summed E-state index contributed by atoms with van der Waals surface area (Å²) >= 11 is 0. The first-order valence-corrected chi connectivity index (χ1v) is 14.2. The van der Waals surface area contributed by atoms with Gasteiger partial charge in [-0.2, -0.15) is 0 Å². The van der Waals surface area contributed by atoms with Gasteiger partial charge in [0.1, 0.15) is 11.3 Å². The van der Waals surface area contributed by atoms with E-state index < -0.39 is 17.6 Å². The van der Waals surface area contributed by atoms with E-state index in [9.17, 15) is 9.59 Å². The lowest BCUT2D eigenvalue weighted by Crippen LogP contribution is -2.43. The number of piperidine rings is 1. The van der Waals surface area contributed by atoms with Gasteiger partial charge in [0, 0.05) is 49.5 Å². The Balaban J connectivity index is 1.21. The van der Waals surface area contributed by atoms with Crippen LogP contribution in [-0.2, 0) is 14.3 Å². The average molecular weight is 582 g/mol. The lowest BCUT2D eigenvalue weighted by molar-refractivity contribution is -0.136. The van der Waals surface area contributed by atoms with Gasteiger partial charge < -0.3 is 34.9 Å². The summed E-state index contributed by atoms with van der Waals surface area (Å²) < 4.78 is 38.0. The molecule has 0 atom stereocenters. The largest absolute Gasteiger partial charge is 0.491 e. The highest BCUT2D eigenvalue weighted by molar-refractivity contribution is 6.39. The van der Waals surface area contributed by atoms with E-state index >= 15 is 4.39 Å². The monoisotopic (exact) mass is 581 g/mol. The van der Waals surface area contributed by atoms with Crippen molar-refractivity contribution in [3.05, 3.63) is 48.4 Å². The smallest absolute Gasteiger partial charge is 0.313 e. The number of nitrogens with one attached hydrogen (secondary N) is 3. The summed E-state index contributed by atoms with van der Waals surface area (Å²) in [7, 11) is 1.55. The van der Waals surface area contributed by atoms with Crippen molar-refractivity contribution in [1.29, 1.82) is 0 Å². The highest BCUT2D eigenvalue weighted by Crippen LogP contribution is 2.40. The average Bonchev–Trinajstić information content (AvgIpc) is 3.02. The van der Waals surface area contributed by atoms with E-state index in [1.165, 1.54) is 12.1 Å². The van der Waals surface area contributed by atoms with Crippen LogP contribution in [0.15, 0.2) is 42.6 Å². The number of morpholine rings is 1. The third-order valence-corrected chi connectivity index (χ3v) is 7.36. The van der Waals surface area contributed by atoms with Crippen molar-refractivity contribution in [2.45, 2.75) is 12.8 Å². The number of hydrogen-bond acceptors (Lipinski definition) is 9. The maximum atomic E-state index is 15.0. The minimum absolute atomic E-state index is 0.0549. The molecule has 11 nitrogen and oxygen atoms in total. The first kappa shape index (κ1) is 29.5. The summed E-state index contributed by atoms with van der Waals surface area (Å²) in [6.45, 7) is 6.37. The van der Waals surface area contributed by atoms with Gasteiger partial charge in [0.25, 0.3) is 0 Å². The number of carbonyl (C=O) groups is 2. The Labute approximate surface area is 243 Å². The number of carbonyl (C=O) groups excluding carboxylic acids is 2. The van der Waals surface area contributed by atoms with Gasteiger partial charge in [0.2, 0.25) is 0 Å². The zero-order chi connectivity index (χ0) is 29.3. The Morgan fingerprint density at radius 2 is 1.86 bits per heavy atom. The second-order valence-electron chi connectivity index (χ2n) is 10.2. The zero-order valence-electron chi connectivity index (χ0n) is 23.6. The highest BCUT2D eigenvalue weighted by atomic mass is 19.1. The van der Waals surface area contributed by atoms with Crippen LogP contribution < -0.4 is 30.2 Å². The highest BCUT2D eigenvalue weighted by Gasteiger charge is 2.20. The van der Waals surface area contributed by atoms with Crippen molar-refractivity contribution in [3.63, 3.8) is 0 Å². The van der Waals surface area contributed by atoms with Crippen LogP contribution in [0, 0.1) is 11.7 Å². The van der Waals surface area contributed by atoms with Gasteiger partial charge >= 0.3 is 11.8 Å². The molecule has 2 aliphatic rings. The van der Waals surface area contributed by atoms with Gasteiger partial charge in [-0.05, 0) is 62.2 Å². The Kier molecular flexibility index (Phi) is 10.0. The Morgan fingerprint density at radius 3 is 2.62 bits per heavy atom. The molecule has 2 amide bonds. The molecule has 224 valence electrons. The fourth-order valence-corrected chi connectivity index (χ4v) is 5.01. The van der Waals surface area contributed by atoms with Crippen LogP contribution in [0.5, 0.6) is 23.0 Å². The van der Waals surface area contributed by atoms with Crippen molar-refractivity contribution >= 4 is 28.4 Å². The molecule has 12 heteroatoms. The molecule has 0 saturated carbocycles. The minimum Gasteiger partial charge on any atom is -0.491 e. The number of aromatic nitrogens is 1. The molecule has 3 heterocycles. The molecule has 2 fully saturated rings. The van der Waals surface area contributed by atoms with Gasteiger partial charge in [0.15, 0.2) is 23.1 Å². The van der Waals surface area contributed by atoms with Crippen molar-refractivity contribution in [1.82, 2.24) is 20.5 Å². The Bertz CT molecular complexity index is 1390. The summed E-state index contributed by atoms with van der Waals surface area (Å²) in [5.74, 6) is -0.521. The van der Waals surface area contributed by atoms with Crippen LogP contribution in [0.3, 0.4) is 0 Å². The predicted molar refractivity (Wildman–Crippen MR) is 155 cm³/mol. The van der Waals surface area contributed by atoms with Gasteiger partial charge in [-0.25, -0.2) is 4.39 Å². The maximum absolute atomic E-state index is 15.0. The van der Waals surface area contributed by atoms with E-state index in [2.05, 4.69) is 25.8 Å². The van der Waals surface area contributed by atoms with Crippen LogP contribution in [0.25, 0.3) is 10.9 Å². The summed E-state index contributed by atoms with van der Waals surface area (Å²) in [4.78, 5) is 31.1. The summed E-state index contributed by atoms with van der Waals surface area (Å²) in [6.07, 6.45) is 3.67. The van der Waals surface area contributed by atoms with Gasteiger partial charge in [-0.3, -0.25) is 19.5 Å². The van der Waals surface area contributed by atoms with Gasteiger partial charge in [-0.1, -0.05) is 0 Å². The second kappa shape index (κ2) is 14.3. The summed E-state index contributed by atoms with van der Waals surface area (Å²) in [5.41, 5.74) is 0.659. The molecule has 2 aliphatic heterocycles. The molecule has 5 rings (SSSR count). The molecule has 1 aromatic heterocycles. The standard InChI is InChI=1S/C30H36FN5O6/c1-39-28-26(41-19-20-6-9-32-10-7-20)5-3-22-24(8-11-33-27(22)28)42-25-4-2-21(18-23(25)31)35-30(38)29(37)34-12-13-36-14-16-40-17-15-36/h2-5,8,11,18,20,32H,6-7,9-10,12-17,19H2,1H3,(H,34,37)(H,35,38). The Morgan fingerprint density at radius 1 is 1.07 bits per heavy atom. The van der Waals surface area contributed by atoms with E-state index in [0.29, 0.717) is 67.0 Å². The molecular formula is C30H36FN5O6. The lowest BCUT2D eigenvalue weighted by Gasteiger charge is -2.26. The normalized spacial score (nSPS) is 16.1. The number of methoxy groups -OCH3 is 1. The van der Waals surface area contributed by atoms with E-state index in [1.54, 1.807) is 25.4 Å². The number of hydrogen-bond donors (Lipinski definition) is 3. The number of anilines is 1. The van der Waals surface area contributed by atoms with Crippen LogP contribution in [0.2, 0.25) is 0 Å². The van der Waals surface area contributed by atoms with Gasteiger partial charge in [-0.15, -0.1) is 0 Å². The SMILES string of the molecule is COc1c(OCC2CCNCC2)ccc2c(Oc3ccc(NC(=O)C(=O)NCCN4CCOCC4)cc3F)ccnc12. The maximum Gasteiger partial charge on any atom is 0.313 e. The van der Waals surface area contributed by atoms with Crippen LogP contribution in [0.1, 0.15) is 12.8 Å². The first-order chi connectivity index (χ1) is 20.5. The number of ether oxygens (including phenoxy) is 4. The third kappa shape index (κ3) is 7.44. The molecular weight excluding hydrogens is 545 g/mol. The third-order valence-electron chi connectivity index (χ3n) is 7.36. The molecule has 0 spiro atoms. The number of halogens is 1. The number of pyridine rings is 1. The molecule has 0 bridgehead atoms. The van der Waals surface area contributed by atoms with Gasteiger partial charge in [0.05, 0.1) is 26.9 Å². The fraction of sp³-hybridized carbons (Fsp3) is 0.433. The number of benzene rings is 2. The van der Waals surface area contributed by atoms with Crippen LogP contribution >= 0.6 is 0 Å². The van der Waals surface area contributed by atoms with Crippen molar-refractivity contribution in [2.24, 2.45) is 5.92 Å². The van der Waals surface area contributed by atoms with Crippen LogP contribution in [0.4, 0.5) is 10.1 Å². The molecule has 3 N–H and O–H groups in total. The summed E-state index contributed by atoms with van der Waals surface area (Å²) in [6, 6.07) is 9.20. The van der Waals surface area contributed by atoms with Crippen molar-refractivity contribution in [3.8, 4) is 23.0 Å². The molecule has 2 saturated heterocycles. The quantitative estimate of drug-likeness (QED) is 0.310.